The molecule has 0 bridgehead atoms. The number of hydrogen-bond acceptors (Lipinski definition) is 3. The largest absolute Gasteiger partial charge is 0.487 e. The first kappa shape index (κ1) is 22.5. The fourth-order valence-corrected chi connectivity index (χ4v) is 3.49. The van der Waals surface area contributed by atoms with Gasteiger partial charge in [0.1, 0.15) is 11.4 Å². The first-order valence-corrected chi connectivity index (χ1v) is 9.35. The van der Waals surface area contributed by atoms with Gasteiger partial charge in [0.2, 0.25) is 0 Å². The quantitative estimate of drug-likeness (QED) is 0.366. The lowest BCUT2D eigenvalue weighted by atomic mass is 9.90. The van der Waals surface area contributed by atoms with Crippen LogP contribution in [0.1, 0.15) is 43.5 Å². The van der Waals surface area contributed by atoms with Gasteiger partial charge >= 0.3 is 0 Å². The van der Waals surface area contributed by atoms with Gasteiger partial charge in [0.15, 0.2) is 5.96 Å². The van der Waals surface area contributed by atoms with Crippen molar-refractivity contribution >= 4 is 29.9 Å². The Morgan fingerprint density at radius 2 is 1.86 bits per heavy atom. The maximum atomic E-state index is 6.12. The zero-order valence-electron chi connectivity index (χ0n) is 16.9. The summed E-state index contributed by atoms with van der Waals surface area (Å²) in [6.45, 7) is 4.86. The Balaban J connectivity index is 0.00000280. The molecule has 6 heteroatoms. The molecule has 5 nitrogen and oxygen atoms in total. The van der Waals surface area contributed by atoms with Crippen LogP contribution in [-0.4, -0.2) is 32.3 Å². The molecule has 3 rings (SSSR count). The maximum Gasteiger partial charge on any atom is 0.191 e. The number of nitrogens with zero attached hydrogens (tertiary/aromatic N) is 1. The third kappa shape index (κ3) is 5.61. The number of halogens is 1. The number of guanidine groups is 1. The van der Waals surface area contributed by atoms with Crippen molar-refractivity contribution in [2.75, 3.05) is 20.7 Å². The van der Waals surface area contributed by atoms with E-state index < -0.39 is 0 Å². The predicted octanol–water partition coefficient (Wildman–Crippen LogP) is 4.46. The smallest absolute Gasteiger partial charge is 0.191 e. The van der Waals surface area contributed by atoms with Crippen LogP contribution in [0.15, 0.2) is 59.6 Å². The zero-order valence-corrected chi connectivity index (χ0v) is 19.3. The second-order valence-electron chi connectivity index (χ2n) is 7.39. The molecule has 152 valence electrons. The van der Waals surface area contributed by atoms with E-state index >= 15 is 0 Å². The molecule has 0 aliphatic carbocycles. The molecule has 1 aliphatic rings. The number of methoxy groups -OCH3 is 1. The van der Waals surface area contributed by atoms with Crippen LogP contribution < -0.4 is 15.4 Å². The van der Waals surface area contributed by atoms with Crippen molar-refractivity contribution in [1.82, 2.24) is 10.6 Å². The number of ether oxygens (including phenoxy) is 2. The summed E-state index contributed by atoms with van der Waals surface area (Å²) in [5.41, 5.74) is 2.07. The number of benzene rings is 2. The Labute approximate surface area is 184 Å². The average molecular weight is 495 g/mol. The Hall–Kier alpha value is -1.80. The summed E-state index contributed by atoms with van der Waals surface area (Å²) >= 11 is 0. The highest BCUT2D eigenvalue weighted by atomic mass is 127. The van der Waals surface area contributed by atoms with E-state index in [1.165, 1.54) is 0 Å². The van der Waals surface area contributed by atoms with Crippen LogP contribution in [0.2, 0.25) is 0 Å². The summed E-state index contributed by atoms with van der Waals surface area (Å²) in [4.78, 5) is 4.40. The Morgan fingerprint density at radius 1 is 1.18 bits per heavy atom. The van der Waals surface area contributed by atoms with E-state index in [1.54, 1.807) is 14.2 Å². The minimum absolute atomic E-state index is 0. The molecule has 1 heterocycles. The third-order valence-corrected chi connectivity index (χ3v) is 4.82. The topological polar surface area (TPSA) is 54.9 Å². The van der Waals surface area contributed by atoms with Gasteiger partial charge in [-0.3, -0.25) is 4.99 Å². The molecule has 0 amide bonds. The Kier molecular flexibility index (Phi) is 8.12. The lowest BCUT2D eigenvalue weighted by molar-refractivity contribution is 0.0692. The van der Waals surface area contributed by atoms with Crippen molar-refractivity contribution in [1.29, 1.82) is 0 Å². The van der Waals surface area contributed by atoms with Crippen molar-refractivity contribution < 1.29 is 9.47 Å². The van der Waals surface area contributed by atoms with Gasteiger partial charge in [0, 0.05) is 32.7 Å². The molecule has 0 saturated heterocycles. The molecular weight excluding hydrogens is 465 g/mol. The SMILES string of the molecule is CN=C(NCC(OC)c1ccccc1)NC1CC(C)(C)Oc2ccccc21.I. The van der Waals surface area contributed by atoms with Gasteiger partial charge in [0.05, 0.1) is 12.1 Å². The summed E-state index contributed by atoms with van der Waals surface area (Å²) in [7, 11) is 3.52. The van der Waals surface area contributed by atoms with Crippen LogP contribution >= 0.6 is 24.0 Å². The molecule has 2 atom stereocenters. The van der Waals surface area contributed by atoms with Gasteiger partial charge in [-0.15, -0.1) is 24.0 Å². The number of hydrogen-bond donors (Lipinski definition) is 2. The van der Waals surface area contributed by atoms with Crippen molar-refractivity contribution in [3.05, 3.63) is 65.7 Å². The van der Waals surface area contributed by atoms with Gasteiger partial charge in [-0.1, -0.05) is 48.5 Å². The molecule has 1 aliphatic heterocycles. The van der Waals surface area contributed by atoms with Crippen molar-refractivity contribution in [3.63, 3.8) is 0 Å². The van der Waals surface area contributed by atoms with Crippen LogP contribution in [0.25, 0.3) is 0 Å². The number of fused-ring (bicyclic) bond motifs is 1. The molecule has 0 fully saturated rings. The van der Waals surface area contributed by atoms with Crippen LogP contribution in [-0.2, 0) is 4.74 Å². The van der Waals surface area contributed by atoms with E-state index in [2.05, 4.69) is 47.7 Å². The third-order valence-electron chi connectivity index (χ3n) is 4.82. The summed E-state index contributed by atoms with van der Waals surface area (Å²) in [5.74, 6) is 1.69. The fraction of sp³-hybridized carbons (Fsp3) is 0.409. The Morgan fingerprint density at radius 3 is 2.54 bits per heavy atom. The predicted molar refractivity (Wildman–Crippen MR) is 125 cm³/mol. The van der Waals surface area contributed by atoms with Crippen LogP contribution in [0, 0.1) is 0 Å². The zero-order chi connectivity index (χ0) is 19.3. The van der Waals surface area contributed by atoms with E-state index in [9.17, 15) is 0 Å². The van der Waals surface area contributed by atoms with Gasteiger partial charge < -0.3 is 20.1 Å². The first-order chi connectivity index (χ1) is 13.0. The summed E-state index contributed by atoms with van der Waals surface area (Å²) < 4.78 is 11.8. The van der Waals surface area contributed by atoms with Gasteiger partial charge in [-0.05, 0) is 25.5 Å². The van der Waals surface area contributed by atoms with Crippen molar-refractivity contribution in [2.24, 2.45) is 4.99 Å². The van der Waals surface area contributed by atoms with Crippen LogP contribution in [0.4, 0.5) is 0 Å². The number of para-hydroxylation sites is 1. The molecule has 0 spiro atoms. The minimum atomic E-state index is -0.232. The van der Waals surface area contributed by atoms with Gasteiger partial charge in [-0.2, -0.15) is 0 Å². The van der Waals surface area contributed by atoms with Gasteiger partial charge in [-0.25, -0.2) is 0 Å². The Bertz CT molecular complexity index is 780. The highest BCUT2D eigenvalue weighted by molar-refractivity contribution is 14.0. The maximum absolute atomic E-state index is 6.12. The lowest BCUT2D eigenvalue weighted by Crippen LogP contribution is -2.46. The van der Waals surface area contributed by atoms with E-state index in [4.69, 9.17) is 9.47 Å². The second kappa shape index (κ2) is 10.1. The van der Waals surface area contributed by atoms with E-state index in [-0.39, 0.29) is 41.7 Å². The summed E-state index contributed by atoms with van der Waals surface area (Å²) in [5, 5.41) is 6.95. The molecule has 0 saturated carbocycles. The van der Waals surface area contributed by atoms with E-state index in [0.717, 1.165) is 29.3 Å². The summed E-state index contributed by atoms with van der Waals surface area (Å²) in [6, 6.07) is 18.5. The van der Waals surface area contributed by atoms with Crippen molar-refractivity contribution in [3.8, 4) is 5.75 Å². The van der Waals surface area contributed by atoms with Gasteiger partial charge in [0.25, 0.3) is 0 Å². The summed E-state index contributed by atoms with van der Waals surface area (Å²) in [6.07, 6.45) is 0.820. The highest BCUT2D eigenvalue weighted by Gasteiger charge is 2.34. The second-order valence-corrected chi connectivity index (χ2v) is 7.39. The molecule has 28 heavy (non-hydrogen) atoms. The standard InChI is InChI=1S/C22H29N3O2.HI/c1-22(2)14-18(17-12-8-9-13-19(17)27-22)25-21(23-3)24-15-20(26-4)16-10-6-5-7-11-16;/h5-13,18,20H,14-15H2,1-4H3,(H2,23,24,25);1H. The van der Waals surface area contributed by atoms with E-state index in [0.29, 0.717) is 6.54 Å². The normalized spacial score (nSPS) is 18.9. The molecular formula is C22H30IN3O2. The fourth-order valence-electron chi connectivity index (χ4n) is 3.49. The number of rotatable bonds is 5. The monoisotopic (exact) mass is 495 g/mol. The average Bonchev–Trinajstić information content (AvgIpc) is 2.67. The van der Waals surface area contributed by atoms with Crippen LogP contribution in [0.3, 0.4) is 0 Å². The molecule has 2 aromatic rings. The van der Waals surface area contributed by atoms with Crippen molar-refractivity contribution in [2.45, 2.75) is 38.0 Å². The van der Waals surface area contributed by atoms with E-state index in [1.807, 2.05) is 36.4 Å². The molecule has 2 unspecified atom stereocenters. The lowest BCUT2D eigenvalue weighted by Gasteiger charge is -2.38. The van der Waals surface area contributed by atoms with Crippen LogP contribution in [0.5, 0.6) is 5.75 Å². The highest BCUT2D eigenvalue weighted by Crippen LogP contribution is 2.39. The molecule has 2 N–H and O–H groups in total. The number of aliphatic imine (C=N–C) groups is 1. The molecule has 0 aromatic heterocycles. The minimum Gasteiger partial charge on any atom is -0.487 e. The molecule has 2 aromatic carbocycles. The number of nitrogens with one attached hydrogen (secondary N) is 2. The first-order valence-electron chi connectivity index (χ1n) is 9.35. The molecule has 0 radical (unpaired) electrons.